The fourth-order valence-corrected chi connectivity index (χ4v) is 3.68. The molecule has 2 aromatic rings. The summed E-state index contributed by atoms with van der Waals surface area (Å²) < 4.78 is 13.2. The Bertz CT molecular complexity index is 758. The van der Waals surface area contributed by atoms with Gasteiger partial charge in [0.2, 0.25) is 0 Å². The first-order valence-electron chi connectivity index (χ1n) is 9.64. The highest BCUT2D eigenvalue weighted by Gasteiger charge is 2.30. The zero-order valence-electron chi connectivity index (χ0n) is 16.4. The van der Waals surface area contributed by atoms with Gasteiger partial charge in [0.25, 0.3) is 5.91 Å². The van der Waals surface area contributed by atoms with Gasteiger partial charge in [0.15, 0.2) is 0 Å². The molecule has 1 amide bonds. The van der Waals surface area contributed by atoms with Crippen LogP contribution in [0, 0.1) is 18.7 Å². The van der Waals surface area contributed by atoms with E-state index in [9.17, 15) is 9.18 Å². The zero-order valence-corrected chi connectivity index (χ0v) is 16.4. The maximum Gasteiger partial charge on any atom is 0.255 e. The molecular formula is C22H28FN3O. The summed E-state index contributed by atoms with van der Waals surface area (Å²) in [6.45, 7) is 9.46. The SMILES string of the molecule is Cc1ccc(C(=O)N2CCCN(Cc3ccc(F)cc3)[C@H](C(C)C)C2)cn1. The van der Waals surface area contributed by atoms with Crippen LogP contribution in [0.2, 0.25) is 0 Å². The molecule has 5 heteroatoms. The van der Waals surface area contributed by atoms with Crippen LogP contribution in [0.1, 0.15) is 41.9 Å². The average Bonchev–Trinajstić information content (AvgIpc) is 2.86. The van der Waals surface area contributed by atoms with Crippen molar-refractivity contribution in [1.82, 2.24) is 14.8 Å². The summed E-state index contributed by atoms with van der Waals surface area (Å²) in [5.41, 5.74) is 2.66. The third-order valence-corrected chi connectivity index (χ3v) is 5.26. The lowest BCUT2D eigenvalue weighted by Crippen LogP contribution is -2.45. The van der Waals surface area contributed by atoms with Gasteiger partial charge >= 0.3 is 0 Å². The van der Waals surface area contributed by atoms with Gasteiger partial charge in [-0.25, -0.2) is 4.39 Å². The zero-order chi connectivity index (χ0) is 19.4. The summed E-state index contributed by atoms with van der Waals surface area (Å²) >= 11 is 0. The molecule has 0 aliphatic carbocycles. The van der Waals surface area contributed by atoms with E-state index in [-0.39, 0.29) is 17.8 Å². The van der Waals surface area contributed by atoms with E-state index in [1.807, 2.05) is 36.1 Å². The van der Waals surface area contributed by atoms with E-state index < -0.39 is 0 Å². The molecule has 2 heterocycles. The van der Waals surface area contributed by atoms with E-state index in [1.165, 1.54) is 12.1 Å². The van der Waals surface area contributed by atoms with Crippen molar-refractivity contribution in [3.05, 3.63) is 65.2 Å². The van der Waals surface area contributed by atoms with Crippen molar-refractivity contribution in [2.75, 3.05) is 19.6 Å². The number of hydrogen-bond acceptors (Lipinski definition) is 3. The molecule has 0 radical (unpaired) electrons. The minimum absolute atomic E-state index is 0.0526. The van der Waals surface area contributed by atoms with Crippen LogP contribution in [0.5, 0.6) is 0 Å². The molecule has 0 N–H and O–H groups in total. The molecule has 0 spiro atoms. The Morgan fingerprint density at radius 3 is 2.56 bits per heavy atom. The number of carbonyl (C=O) groups is 1. The first-order valence-corrected chi connectivity index (χ1v) is 9.64. The minimum Gasteiger partial charge on any atom is -0.337 e. The molecule has 1 atom stereocenters. The molecule has 0 bridgehead atoms. The van der Waals surface area contributed by atoms with Gasteiger partial charge in [0.05, 0.1) is 5.56 Å². The molecule has 1 fully saturated rings. The number of rotatable bonds is 4. The van der Waals surface area contributed by atoms with Gasteiger partial charge in [-0.05, 0) is 49.1 Å². The second-order valence-corrected chi connectivity index (χ2v) is 7.70. The second-order valence-electron chi connectivity index (χ2n) is 7.70. The summed E-state index contributed by atoms with van der Waals surface area (Å²) in [5, 5.41) is 0. The third-order valence-electron chi connectivity index (χ3n) is 5.26. The molecule has 1 aliphatic rings. The number of amides is 1. The highest BCUT2D eigenvalue weighted by molar-refractivity contribution is 5.94. The first kappa shape index (κ1) is 19.5. The molecule has 1 saturated heterocycles. The Balaban J connectivity index is 1.75. The van der Waals surface area contributed by atoms with Crippen LogP contribution in [-0.4, -0.2) is 46.4 Å². The van der Waals surface area contributed by atoms with Crippen molar-refractivity contribution in [3.8, 4) is 0 Å². The van der Waals surface area contributed by atoms with Crippen LogP contribution in [0.25, 0.3) is 0 Å². The van der Waals surface area contributed by atoms with Gasteiger partial charge in [-0.15, -0.1) is 0 Å². The smallest absolute Gasteiger partial charge is 0.255 e. The van der Waals surface area contributed by atoms with E-state index >= 15 is 0 Å². The summed E-state index contributed by atoms with van der Waals surface area (Å²) in [7, 11) is 0. The van der Waals surface area contributed by atoms with Gasteiger partial charge in [0.1, 0.15) is 5.82 Å². The van der Waals surface area contributed by atoms with Gasteiger partial charge < -0.3 is 4.90 Å². The number of benzene rings is 1. The van der Waals surface area contributed by atoms with Gasteiger partial charge in [-0.1, -0.05) is 26.0 Å². The molecule has 1 aliphatic heterocycles. The first-order chi connectivity index (χ1) is 12.9. The van der Waals surface area contributed by atoms with Crippen molar-refractivity contribution >= 4 is 5.91 Å². The average molecular weight is 369 g/mol. The summed E-state index contributed by atoms with van der Waals surface area (Å²) in [4.78, 5) is 21.6. The highest BCUT2D eigenvalue weighted by Crippen LogP contribution is 2.21. The van der Waals surface area contributed by atoms with Crippen LogP contribution in [0.4, 0.5) is 4.39 Å². The predicted molar refractivity (Wildman–Crippen MR) is 105 cm³/mol. The van der Waals surface area contributed by atoms with Crippen molar-refractivity contribution in [2.45, 2.75) is 39.8 Å². The Labute approximate surface area is 161 Å². The van der Waals surface area contributed by atoms with Crippen molar-refractivity contribution in [2.24, 2.45) is 5.92 Å². The van der Waals surface area contributed by atoms with Crippen molar-refractivity contribution in [1.29, 1.82) is 0 Å². The molecule has 1 aromatic heterocycles. The predicted octanol–water partition coefficient (Wildman–Crippen LogP) is 3.90. The Morgan fingerprint density at radius 2 is 1.93 bits per heavy atom. The lowest BCUT2D eigenvalue weighted by atomic mass is 10.0. The number of hydrogen-bond donors (Lipinski definition) is 0. The number of carbonyl (C=O) groups excluding carboxylic acids is 1. The molecule has 27 heavy (non-hydrogen) atoms. The molecule has 1 aromatic carbocycles. The van der Waals surface area contributed by atoms with Crippen LogP contribution >= 0.6 is 0 Å². The fraction of sp³-hybridized carbons (Fsp3) is 0.455. The summed E-state index contributed by atoms with van der Waals surface area (Å²) in [6, 6.07) is 10.7. The maximum absolute atomic E-state index is 13.2. The molecule has 4 nitrogen and oxygen atoms in total. The standard InChI is InChI=1S/C22H28FN3O/c1-16(2)21-15-26(22(27)19-8-5-17(3)24-13-19)12-4-11-25(21)14-18-6-9-20(23)10-7-18/h5-10,13,16,21H,4,11-12,14-15H2,1-3H3/t21-/m0/s1. The Hall–Kier alpha value is -2.27. The quantitative estimate of drug-likeness (QED) is 0.820. The number of pyridine rings is 1. The van der Waals surface area contributed by atoms with Gasteiger partial charge in [-0.3, -0.25) is 14.7 Å². The molecule has 3 rings (SSSR count). The Kier molecular flexibility index (Phi) is 6.22. The van der Waals surface area contributed by atoms with Crippen LogP contribution in [0.3, 0.4) is 0 Å². The molecule has 0 unspecified atom stereocenters. The number of aromatic nitrogens is 1. The van der Waals surface area contributed by atoms with E-state index in [0.29, 0.717) is 18.0 Å². The lowest BCUT2D eigenvalue weighted by molar-refractivity contribution is 0.0702. The number of aryl methyl sites for hydroxylation is 1. The van der Waals surface area contributed by atoms with Crippen LogP contribution < -0.4 is 0 Å². The third kappa shape index (κ3) is 4.92. The van der Waals surface area contributed by atoms with E-state index in [1.54, 1.807) is 6.20 Å². The van der Waals surface area contributed by atoms with Gasteiger partial charge in [0, 0.05) is 44.1 Å². The monoisotopic (exact) mass is 369 g/mol. The van der Waals surface area contributed by atoms with Crippen molar-refractivity contribution in [3.63, 3.8) is 0 Å². The van der Waals surface area contributed by atoms with E-state index in [0.717, 1.165) is 37.3 Å². The largest absolute Gasteiger partial charge is 0.337 e. The van der Waals surface area contributed by atoms with E-state index in [2.05, 4.69) is 23.7 Å². The normalized spacial score (nSPS) is 18.6. The molecule has 0 saturated carbocycles. The lowest BCUT2D eigenvalue weighted by Gasteiger charge is -2.34. The summed E-state index contributed by atoms with van der Waals surface area (Å²) in [5.74, 6) is 0.255. The number of nitrogens with zero attached hydrogens (tertiary/aromatic N) is 3. The second kappa shape index (κ2) is 8.61. The number of halogens is 1. The Morgan fingerprint density at radius 1 is 1.19 bits per heavy atom. The molecule has 144 valence electrons. The topological polar surface area (TPSA) is 36.4 Å². The van der Waals surface area contributed by atoms with Crippen LogP contribution in [-0.2, 0) is 6.54 Å². The molecular weight excluding hydrogens is 341 g/mol. The van der Waals surface area contributed by atoms with Crippen LogP contribution in [0.15, 0.2) is 42.6 Å². The maximum atomic E-state index is 13.2. The van der Waals surface area contributed by atoms with Gasteiger partial charge in [-0.2, -0.15) is 0 Å². The van der Waals surface area contributed by atoms with Crippen molar-refractivity contribution < 1.29 is 9.18 Å². The highest BCUT2D eigenvalue weighted by atomic mass is 19.1. The fourth-order valence-electron chi connectivity index (χ4n) is 3.68. The van der Waals surface area contributed by atoms with E-state index in [4.69, 9.17) is 0 Å². The summed E-state index contributed by atoms with van der Waals surface area (Å²) in [6.07, 6.45) is 2.60. The minimum atomic E-state index is -0.210.